The lowest BCUT2D eigenvalue weighted by molar-refractivity contribution is -0.132. The molecule has 1 amide bonds. The summed E-state index contributed by atoms with van der Waals surface area (Å²) >= 11 is 4.52. The first-order valence-corrected chi connectivity index (χ1v) is 17.1. The topological polar surface area (TPSA) is 128 Å². The van der Waals surface area contributed by atoms with Crippen LogP contribution < -0.4 is 0 Å². The molecule has 4 aromatic rings. The Morgan fingerprint density at radius 1 is 0.978 bits per heavy atom. The van der Waals surface area contributed by atoms with Crippen LogP contribution in [0.1, 0.15) is 27.0 Å². The second kappa shape index (κ2) is 11.0. The second-order valence-corrected chi connectivity index (χ2v) is 15.8. The number of aromatic nitrogens is 2. The van der Waals surface area contributed by atoms with Crippen molar-refractivity contribution in [1.82, 2.24) is 24.1 Å². The van der Waals surface area contributed by atoms with Crippen molar-refractivity contribution in [3.8, 4) is 6.07 Å². The van der Waals surface area contributed by atoms with Gasteiger partial charge in [0.15, 0.2) is 11.3 Å². The predicted octanol–water partition coefficient (Wildman–Crippen LogP) is 4.23. The minimum absolute atomic E-state index is 0.0976. The summed E-state index contributed by atoms with van der Waals surface area (Å²) in [6, 6.07) is 18.6. The van der Waals surface area contributed by atoms with Crippen molar-refractivity contribution in [2.75, 3.05) is 20.1 Å². The van der Waals surface area contributed by atoms with Crippen LogP contribution in [0.3, 0.4) is 0 Å². The number of thiophene rings is 1. The predicted molar refractivity (Wildman–Crippen MR) is 169 cm³/mol. The van der Waals surface area contributed by atoms with Crippen LogP contribution in [0.2, 0.25) is 0 Å². The van der Waals surface area contributed by atoms with E-state index in [0.29, 0.717) is 28.1 Å². The maximum absolute atomic E-state index is 15.0. The van der Waals surface area contributed by atoms with Crippen molar-refractivity contribution in [3.63, 3.8) is 0 Å². The number of pyridine rings is 2. The standard InChI is InChI=1S/C32H25BrN6O4S2/c1-37-28(16-26(40)21-4-2-20(17-34)3-5-21)39(30-24-18-38(19-25(24)30)45(42,43)29-7-6-27(33)44-29)31(41)32(37,22-8-12-35-13-9-22)23-10-14-36-15-11-23/h2-16,24-25,30H,18-19H2,1H3/t24-,25-/m0/s1. The van der Waals surface area contributed by atoms with Gasteiger partial charge in [0.1, 0.15) is 10.0 Å². The first kappa shape index (κ1) is 29.5. The zero-order chi connectivity index (χ0) is 31.5. The molecule has 7 rings (SSSR count). The molecule has 3 aromatic heterocycles. The third-order valence-corrected chi connectivity index (χ3v) is 12.9. The Morgan fingerprint density at radius 2 is 1.56 bits per heavy atom. The lowest BCUT2D eigenvalue weighted by Gasteiger charge is -2.35. The third-order valence-electron chi connectivity index (χ3n) is 8.93. The number of piperidine rings is 1. The van der Waals surface area contributed by atoms with Crippen LogP contribution in [-0.2, 0) is 20.4 Å². The number of benzene rings is 1. The number of likely N-dealkylation sites (N-methyl/N-ethyl adjacent to an activating group) is 1. The molecule has 13 heteroatoms. The summed E-state index contributed by atoms with van der Waals surface area (Å²) < 4.78 is 29.3. The summed E-state index contributed by atoms with van der Waals surface area (Å²) in [7, 11) is -1.88. The quantitative estimate of drug-likeness (QED) is 0.207. The molecule has 0 radical (unpaired) electrons. The number of carbonyl (C=O) groups is 2. The van der Waals surface area contributed by atoms with Crippen LogP contribution in [-0.4, -0.2) is 70.4 Å². The molecule has 0 bridgehead atoms. The van der Waals surface area contributed by atoms with Crippen LogP contribution in [0.4, 0.5) is 0 Å². The minimum Gasteiger partial charge on any atom is -0.339 e. The van der Waals surface area contributed by atoms with Crippen LogP contribution in [0.15, 0.2) is 105 Å². The van der Waals surface area contributed by atoms with Gasteiger partial charge in [-0.05, 0) is 87.7 Å². The molecule has 3 fully saturated rings. The summed E-state index contributed by atoms with van der Waals surface area (Å²) in [4.78, 5) is 40.5. The molecule has 1 aromatic carbocycles. The molecule has 226 valence electrons. The Morgan fingerprint density at radius 3 is 2.07 bits per heavy atom. The molecule has 2 atom stereocenters. The van der Waals surface area contributed by atoms with E-state index in [1.807, 2.05) is 4.90 Å². The van der Waals surface area contributed by atoms with E-state index >= 15 is 0 Å². The Labute approximate surface area is 272 Å². The zero-order valence-corrected chi connectivity index (χ0v) is 27.0. The van der Waals surface area contributed by atoms with Crippen LogP contribution in [0.25, 0.3) is 0 Å². The smallest absolute Gasteiger partial charge is 0.263 e. The molecule has 3 aliphatic rings. The number of amides is 1. The van der Waals surface area contributed by atoms with E-state index in [4.69, 9.17) is 0 Å². The van der Waals surface area contributed by atoms with Crippen molar-refractivity contribution in [1.29, 1.82) is 5.26 Å². The molecule has 0 unspecified atom stereocenters. The first-order valence-electron chi connectivity index (χ1n) is 14.1. The highest BCUT2D eigenvalue weighted by Gasteiger charge is 2.67. The van der Waals surface area contributed by atoms with Gasteiger partial charge in [-0.15, -0.1) is 11.3 Å². The van der Waals surface area contributed by atoms with Gasteiger partial charge in [0.25, 0.3) is 15.9 Å². The maximum Gasteiger partial charge on any atom is 0.263 e. The maximum atomic E-state index is 15.0. The van der Waals surface area contributed by atoms with Gasteiger partial charge in [-0.1, -0.05) is 0 Å². The van der Waals surface area contributed by atoms with Gasteiger partial charge in [0.2, 0.25) is 0 Å². The lowest BCUT2D eigenvalue weighted by Crippen LogP contribution is -2.46. The number of fused-ring (bicyclic) bond motifs is 1. The molecular weight excluding hydrogens is 676 g/mol. The van der Waals surface area contributed by atoms with Crippen molar-refractivity contribution in [2.45, 2.75) is 15.8 Å². The SMILES string of the molecule is CN1C(=CC(=O)c2ccc(C#N)cc2)N(C2[C@H]3CN(S(=O)(=O)c4ccc(Br)s4)C[C@H]23)C(=O)C1(c1ccncc1)c1ccncc1. The van der Waals surface area contributed by atoms with E-state index in [2.05, 4.69) is 32.0 Å². The summed E-state index contributed by atoms with van der Waals surface area (Å²) in [5.41, 5.74) is 0.836. The largest absolute Gasteiger partial charge is 0.339 e. The van der Waals surface area contributed by atoms with Crippen LogP contribution >= 0.6 is 27.3 Å². The van der Waals surface area contributed by atoms with Crippen LogP contribution in [0, 0.1) is 23.2 Å². The van der Waals surface area contributed by atoms with Gasteiger partial charge in [-0.2, -0.15) is 9.57 Å². The fourth-order valence-electron chi connectivity index (χ4n) is 6.71. The Kier molecular flexibility index (Phi) is 7.20. The molecule has 10 nitrogen and oxygen atoms in total. The van der Waals surface area contributed by atoms with Crippen molar-refractivity contribution >= 4 is 49.0 Å². The molecule has 0 spiro atoms. The number of rotatable bonds is 7. The average Bonchev–Trinajstić information content (AvgIpc) is 3.37. The number of allylic oxidation sites excluding steroid dienone is 1. The number of ketones is 1. The number of hydrogen-bond acceptors (Lipinski definition) is 9. The first-order chi connectivity index (χ1) is 21.7. The van der Waals surface area contributed by atoms with E-state index < -0.39 is 15.6 Å². The Balaban J connectivity index is 1.30. The van der Waals surface area contributed by atoms with Gasteiger partial charge in [-0.25, -0.2) is 8.42 Å². The molecule has 1 saturated carbocycles. The van der Waals surface area contributed by atoms with Gasteiger partial charge >= 0.3 is 0 Å². The summed E-state index contributed by atoms with van der Waals surface area (Å²) in [6.07, 6.45) is 7.99. The number of sulfonamides is 1. The van der Waals surface area contributed by atoms with Crippen molar-refractivity contribution < 1.29 is 18.0 Å². The fraction of sp³-hybridized carbons (Fsp3) is 0.219. The average molecular weight is 702 g/mol. The highest BCUT2D eigenvalue weighted by molar-refractivity contribution is 9.11. The number of hydrogen-bond donors (Lipinski definition) is 0. The lowest BCUT2D eigenvalue weighted by atomic mass is 9.82. The molecule has 2 aliphatic heterocycles. The Hall–Kier alpha value is -4.22. The van der Waals surface area contributed by atoms with E-state index in [1.54, 1.807) is 97.4 Å². The third kappa shape index (κ3) is 4.63. The number of halogens is 1. The highest BCUT2D eigenvalue weighted by Crippen LogP contribution is 2.56. The normalized spacial score (nSPS) is 23.3. The summed E-state index contributed by atoms with van der Waals surface area (Å²) in [5.74, 6) is -0.340. The highest BCUT2D eigenvalue weighted by atomic mass is 79.9. The summed E-state index contributed by atoms with van der Waals surface area (Å²) in [5, 5.41) is 9.20. The molecule has 0 N–H and O–H groups in total. The molecule has 5 heterocycles. The second-order valence-electron chi connectivity index (χ2n) is 11.2. The molecule has 45 heavy (non-hydrogen) atoms. The van der Waals surface area contributed by atoms with E-state index in [9.17, 15) is 23.3 Å². The Bertz CT molecular complexity index is 1940. The fourth-order valence-corrected chi connectivity index (χ4v) is 10.4. The monoisotopic (exact) mass is 700 g/mol. The van der Waals surface area contributed by atoms with Gasteiger partial charge in [0.05, 0.1) is 15.4 Å². The number of nitrogens with zero attached hydrogens (tertiary/aromatic N) is 6. The van der Waals surface area contributed by atoms with Gasteiger partial charge in [-0.3, -0.25) is 24.5 Å². The minimum atomic E-state index is -3.67. The number of carbonyl (C=O) groups excluding carboxylic acids is 2. The molecular formula is C32H25BrN6O4S2. The molecule has 1 aliphatic carbocycles. The number of nitriles is 1. The van der Waals surface area contributed by atoms with Gasteiger partial charge in [0, 0.05) is 74.4 Å². The van der Waals surface area contributed by atoms with E-state index in [1.165, 1.54) is 21.7 Å². The van der Waals surface area contributed by atoms with E-state index in [0.717, 1.165) is 3.79 Å². The van der Waals surface area contributed by atoms with Crippen LogP contribution in [0.5, 0.6) is 0 Å². The zero-order valence-electron chi connectivity index (χ0n) is 23.8. The van der Waals surface area contributed by atoms with Crippen molar-refractivity contribution in [3.05, 3.63) is 123 Å². The van der Waals surface area contributed by atoms with Gasteiger partial charge < -0.3 is 4.90 Å². The summed E-state index contributed by atoms with van der Waals surface area (Å²) in [6.45, 7) is 0.546. The van der Waals surface area contributed by atoms with Crippen molar-refractivity contribution in [2.24, 2.45) is 11.8 Å². The van der Waals surface area contributed by atoms with E-state index in [-0.39, 0.29) is 46.9 Å². The molecule has 2 saturated heterocycles.